The molecule has 0 spiro atoms. The van der Waals surface area contributed by atoms with Crippen molar-refractivity contribution in [1.82, 2.24) is 16.0 Å². The van der Waals surface area contributed by atoms with Crippen molar-refractivity contribution in [3.63, 3.8) is 0 Å². The molecule has 7 atom stereocenters. The molecule has 0 aromatic heterocycles. The minimum absolute atomic E-state index is 0.140. The Kier molecular flexibility index (Phi) is 12.8. The monoisotopic (exact) mass is 449 g/mol. The number of carbonyl (C=O) groups is 4. The van der Waals surface area contributed by atoms with E-state index in [1.165, 1.54) is 13.8 Å². The molecule has 11 N–H and O–H groups in total. The van der Waals surface area contributed by atoms with E-state index < -0.39 is 66.2 Å². The topological polar surface area (TPSA) is 237 Å². The van der Waals surface area contributed by atoms with Crippen LogP contribution in [-0.2, 0) is 19.2 Å². The van der Waals surface area contributed by atoms with Gasteiger partial charge in [-0.2, -0.15) is 0 Å². The minimum atomic E-state index is -1.66. The third-order valence-electron chi connectivity index (χ3n) is 4.51. The van der Waals surface area contributed by atoms with Gasteiger partial charge in [-0.3, -0.25) is 14.4 Å². The molecular formula is C18H35N5O8. The van der Waals surface area contributed by atoms with E-state index in [-0.39, 0.29) is 6.42 Å². The van der Waals surface area contributed by atoms with Gasteiger partial charge in [0.05, 0.1) is 18.3 Å². The van der Waals surface area contributed by atoms with Crippen LogP contribution in [0, 0.1) is 0 Å². The summed E-state index contributed by atoms with van der Waals surface area (Å²) in [6, 6.07) is -5.66. The SMILES string of the molecule is CC(O)C(N)C(=O)NC(CCCCN)C(=O)NC(C(=O)NC(C(=O)O)C(C)O)C(C)O. The number of hydrogen-bond donors (Lipinski definition) is 9. The highest BCUT2D eigenvalue weighted by Gasteiger charge is 2.34. The van der Waals surface area contributed by atoms with Crippen LogP contribution in [0.5, 0.6) is 0 Å². The van der Waals surface area contributed by atoms with E-state index in [1.54, 1.807) is 0 Å². The Bertz CT molecular complexity index is 614. The van der Waals surface area contributed by atoms with Crippen molar-refractivity contribution >= 4 is 23.7 Å². The summed E-state index contributed by atoms with van der Waals surface area (Å²) in [5.41, 5.74) is 11.0. The van der Waals surface area contributed by atoms with Crippen molar-refractivity contribution in [2.45, 2.75) is 82.5 Å². The van der Waals surface area contributed by atoms with E-state index in [2.05, 4.69) is 10.6 Å². The molecule has 0 radical (unpaired) electrons. The lowest BCUT2D eigenvalue weighted by Gasteiger charge is -2.27. The van der Waals surface area contributed by atoms with Gasteiger partial charge in [0.25, 0.3) is 0 Å². The van der Waals surface area contributed by atoms with Crippen LogP contribution in [0.15, 0.2) is 0 Å². The highest BCUT2D eigenvalue weighted by molar-refractivity contribution is 5.94. The number of amides is 3. The molecule has 0 rings (SSSR count). The number of aliphatic carboxylic acids is 1. The Labute approximate surface area is 180 Å². The molecule has 3 amide bonds. The van der Waals surface area contributed by atoms with Gasteiger partial charge in [-0.25, -0.2) is 4.79 Å². The smallest absolute Gasteiger partial charge is 0.328 e. The van der Waals surface area contributed by atoms with Crippen LogP contribution in [0.25, 0.3) is 0 Å². The summed E-state index contributed by atoms with van der Waals surface area (Å²) in [5.74, 6) is -4.16. The van der Waals surface area contributed by atoms with Gasteiger partial charge in [0.15, 0.2) is 6.04 Å². The molecule has 0 fully saturated rings. The fraction of sp³-hybridized carbons (Fsp3) is 0.778. The van der Waals surface area contributed by atoms with Crippen molar-refractivity contribution in [2.75, 3.05) is 6.54 Å². The van der Waals surface area contributed by atoms with Gasteiger partial charge in [-0.1, -0.05) is 0 Å². The van der Waals surface area contributed by atoms with Crippen molar-refractivity contribution < 1.29 is 39.6 Å². The third-order valence-corrected chi connectivity index (χ3v) is 4.51. The molecular weight excluding hydrogens is 414 g/mol. The molecule has 0 aliphatic carbocycles. The summed E-state index contributed by atoms with van der Waals surface area (Å²) in [4.78, 5) is 48.5. The zero-order valence-electron chi connectivity index (χ0n) is 17.9. The molecule has 0 aliphatic heterocycles. The Morgan fingerprint density at radius 1 is 0.774 bits per heavy atom. The second-order valence-corrected chi connectivity index (χ2v) is 7.40. The zero-order valence-corrected chi connectivity index (χ0v) is 17.9. The van der Waals surface area contributed by atoms with Gasteiger partial charge >= 0.3 is 5.97 Å². The number of nitrogens with two attached hydrogens (primary N) is 2. The van der Waals surface area contributed by atoms with Gasteiger partial charge in [-0.05, 0) is 46.6 Å². The van der Waals surface area contributed by atoms with E-state index in [0.29, 0.717) is 19.4 Å². The highest BCUT2D eigenvalue weighted by Crippen LogP contribution is 2.05. The molecule has 0 saturated heterocycles. The van der Waals surface area contributed by atoms with Gasteiger partial charge < -0.3 is 47.8 Å². The lowest BCUT2D eigenvalue weighted by Crippen LogP contribution is -2.61. The first-order valence-corrected chi connectivity index (χ1v) is 9.97. The first-order valence-electron chi connectivity index (χ1n) is 9.97. The summed E-state index contributed by atoms with van der Waals surface area (Å²) in [6.45, 7) is 4.02. The number of carbonyl (C=O) groups excluding carboxylic acids is 3. The lowest BCUT2D eigenvalue weighted by molar-refractivity contribution is -0.146. The summed E-state index contributed by atoms with van der Waals surface area (Å²) in [6.07, 6.45) is -2.88. The number of hydrogen-bond acceptors (Lipinski definition) is 9. The maximum atomic E-state index is 12.7. The molecule has 31 heavy (non-hydrogen) atoms. The van der Waals surface area contributed by atoms with Crippen LogP contribution in [-0.4, -0.2) is 93.1 Å². The van der Waals surface area contributed by atoms with Crippen molar-refractivity contribution in [3.05, 3.63) is 0 Å². The Morgan fingerprint density at radius 3 is 1.71 bits per heavy atom. The Morgan fingerprint density at radius 2 is 1.29 bits per heavy atom. The summed E-state index contributed by atoms with van der Waals surface area (Å²) in [7, 11) is 0. The molecule has 13 heteroatoms. The molecule has 0 saturated carbocycles. The number of aliphatic hydroxyl groups is 3. The predicted molar refractivity (Wildman–Crippen MR) is 109 cm³/mol. The van der Waals surface area contributed by atoms with Crippen LogP contribution in [0.1, 0.15) is 40.0 Å². The van der Waals surface area contributed by atoms with Gasteiger partial charge in [0.1, 0.15) is 18.1 Å². The maximum absolute atomic E-state index is 12.7. The Hall–Kier alpha value is -2.32. The fourth-order valence-electron chi connectivity index (χ4n) is 2.54. The number of carboxylic acid groups (broad SMARTS) is 1. The normalized spacial score (nSPS) is 17.9. The van der Waals surface area contributed by atoms with Gasteiger partial charge in [0.2, 0.25) is 17.7 Å². The standard InChI is InChI=1S/C18H35N5O8/c1-8(24)12(20)16(28)21-11(6-4-5-7-19)15(27)22-13(9(2)25)17(29)23-14(10(3)26)18(30)31/h8-14,24-26H,4-7,19-20H2,1-3H3,(H,21,28)(H,22,27)(H,23,29)(H,30,31). The molecule has 180 valence electrons. The average Bonchev–Trinajstić information content (AvgIpc) is 2.67. The van der Waals surface area contributed by atoms with Crippen molar-refractivity contribution in [3.8, 4) is 0 Å². The second-order valence-electron chi connectivity index (χ2n) is 7.40. The van der Waals surface area contributed by atoms with E-state index in [9.17, 15) is 34.5 Å². The van der Waals surface area contributed by atoms with Crippen molar-refractivity contribution in [2.24, 2.45) is 11.5 Å². The van der Waals surface area contributed by atoms with Crippen molar-refractivity contribution in [1.29, 1.82) is 0 Å². The molecule has 0 heterocycles. The van der Waals surface area contributed by atoms with Crippen LogP contribution in [0.3, 0.4) is 0 Å². The van der Waals surface area contributed by atoms with E-state index in [4.69, 9.17) is 16.6 Å². The zero-order chi connectivity index (χ0) is 24.3. The predicted octanol–water partition coefficient (Wildman–Crippen LogP) is -3.88. The van der Waals surface area contributed by atoms with Crippen LogP contribution in [0.4, 0.5) is 0 Å². The molecule has 13 nitrogen and oxygen atoms in total. The molecule has 0 aliphatic rings. The molecule has 0 bridgehead atoms. The second kappa shape index (κ2) is 13.9. The maximum Gasteiger partial charge on any atom is 0.328 e. The van der Waals surface area contributed by atoms with E-state index in [1.807, 2.05) is 5.32 Å². The lowest BCUT2D eigenvalue weighted by atomic mass is 10.0. The third kappa shape index (κ3) is 10.0. The number of carboxylic acids is 1. The van der Waals surface area contributed by atoms with Gasteiger partial charge in [-0.15, -0.1) is 0 Å². The molecule has 0 aromatic rings. The number of nitrogens with one attached hydrogen (secondary N) is 3. The number of rotatable bonds is 14. The quantitative estimate of drug-likeness (QED) is 0.117. The van der Waals surface area contributed by atoms with E-state index in [0.717, 1.165) is 6.92 Å². The summed E-state index contributed by atoms with van der Waals surface area (Å²) in [5, 5.41) is 44.7. The number of unbranched alkanes of at least 4 members (excludes halogenated alkanes) is 1. The van der Waals surface area contributed by atoms with Crippen LogP contribution in [0.2, 0.25) is 0 Å². The highest BCUT2D eigenvalue weighted by atomic mass is 16.4. The summed E-state index contributed by atoms with van der Waals surface area (Å²) >= 11 is 0. The van der Waals surface area contributed by atoms with Crippen LogP contribution >= 0.6 is 0 Å². The molecule has 7 unspecified atom stereocenters. The minimum Gasteiger partial charge on any atom is -0.480 e. The molecule has 0 aromatic carbocycles. The number of aliphatic hydroxyl groups excluding tert-OH is 3. The van der Waals surface area contributed by atoms with E-state index >= 15 is 0 Å². The fourth-order valence-corrected chi connectivity index (χ4v) is 2.54. The van der Waals surface area contributed by atoms with Gasteiger partial charge in [0, 0.05) is 0 Å². The van der Waals surface area contributed by atoms with Crippen LogP contribution < -0.4 is 27.4 Å². The summed E-state index contributed by atoms with van der Waals surface area (Å²) < 4.78 is 0. The average molecular weight is 450 g/mol. The first-order chi connectivity index (χ1) is 14.3. The Balaban J connectivity index is 5.42. The first kappa shape index (κ1) is 28.7. The largest absolute Gasteiger partial charge is 0.480 e.